The maximum atomic E-state index is 9.82. The Morgan fingerprint density at radius 2 is 1.77 bits per heavy atom. The molecule has 0 aliphatic heterocycles. The Labute approximate surface area is 82.5 Å². The molecule has 0 aromatic rings. The lowest BCUT2D eigenvalue weighted by Crippen LogP contribution is -2.37. The zero-order valence-electron chi connectivity index (χ0n) is 9.29. The van der Waals surface area contributed by atoms with Crippen molar-refractivity contribution in [3.63, 3.8) is 0 Å². The average molecular weight is 187 g/mol. The summed E-state index contributed by atoms with van der Waals surface area (Å²) < 4.78 is 0. The number of rotatable bonds is 7. The van der Waals surface area contributed by atoms with E-state index in [0.29, 0.717) is 5.92 Å². The minimum atomic E-state index is -0.313. The van der Waals surface area contributed by atoms with Gasteiger partial charge in [0.2, 0.25) is 0 Å². The molecule has 0 aliphatic rings. The molecular formula is C11H25NO. The van der Waals surface area contributed by atoms with Crippen molar-refractivity contribution in [3.8, 4) is 0 Å². The molecule has 2 heteroatoms. The molecule has 0 aliphatic carbocycles. The van der Waals surface area contributed by atoms with Crippen LogP contribution in [0.15, 0.2) is 0 Å². The fourth-order valence-corrected chi connectivity index (χ4v) is 1.75. The first-order valence-electron chi connectivity index (χ1n) is 5.57. The highest BCUT2D eigenvalue weighted by molar-refractivity contribution is 4.75. The highest BCUT2D eigenvalue weighted by Gasteiger charge is 2.20. The van der Waals surface area contributed by atoms with Crippen LogP contribution in [0.5, 0.6) is 0 Å². The Morgan fingerprint density at radius 1 is 1.15 bits per heavy atom. The van der Waals surface area contributed by atoms with Crippen molar-refractivity contribution in [3.05, 3.63) is 0 Å². The first-order chi connectivity index (χ1) is 6.13. The fourth-order valence-electron chi connectivity index (χ4n) is 1.75. The molecule has 0 spiro atoms. The van der Waals surface area contributed by atoms with Crippen LogP contribution >= 0.6 is 0 Å². The molecule has 3 atom stereocenters. The zero-order chi connectivity index (χ0) is 10.3. The van der Waals surface area contributed by atoms with E-state index in [1.165, 1.54) is 12.8 Å². The molecule has 0 bridgehead atoms. The number of hydrogen-bond acceptors (Lipinski definition) is 2. The van der Waals surface area contributed by atoms with Crippen LogP contribution in [0, 0.1) is 5.92 Å². The summed E-state index contributed by atoms with van der Waals surface area (Å²) in [4.78, 5) is 0. The van der Waals surface area contributed by atoms with Crippen molar-refractivity contribution < 1.29 is 5.11 Å². The van der Waals surface area contributed by atoms with Crippen LogP contribution in [0.1, 0.15) is 52.9 Å². The standard InChI is InChI=1S/C11H25NO/c1-4-6-8-10(7-5-2)11(13)9(3)12/h9-11,13H,4-8,12H2,1-3H3. The summed E-state index contributed by atoms with van der Waals surface area (Å²) in [5, 5.41) is 9.82. The molecule has 0 aromatic heterocycles. The molecule has 0 saturated heterocycles. The van der Waals surface area contributed by atoms with Gasteiger partial charge >= 0.3 is 0 Å². The van der Waals surface area contributed by atoms with E-state index in [2.05, 4.69) is 13.8 Å². The van der Waals surface area contributed by atoms with Gasteiger partial charge in [-0.05, 0) is 25.7 Å². The van der Waals surface area contributed by atoms with Crippen molar-refractivity contribution >= 4 is 0 Å². The lowest BCUT2D eigenvalue weighted by atomic mass is 9.88. The SMILES string of the molecule is CCCCC(CCC)C(O)C(C)N. The first kappa shape index (κ1) is 12.9. The highest BCUT2D eigenvalue weighted by atomic mass is 16.3. The molecular weight excluding hydrogens is 162 g/mol. The van der Waals surface area contributed by atoms with E-state index in [4.69, 9.17) is 5.73 Å². The number of aliphatic hydroxyl groups excluding tert-OH is 1. The Hall–Kier alpha value is -0.0800. The van der Waals surface area contributed by atoms with Gasteiger partial charge < -0.3 is 10.8 Å². The van der Waals surface area contributed by atoms with Gasteiger partial charge in [-0.1, -0.05) is 33.1 Å². The molecule has 0 rings (SSSR count). The predicted molar refractivity (Wildman–Crippen MR) is 57.6 cm³/mol. The van der Waals surface area contributed by atoms with Gasteiger partial charge in [-0.2, -0.15) is 0 Å². The predicted octanol–water partition coefficient (Wildman–Crippen LogP) is 2.30. The number of hydrogen-bond donors (Lipinski definition) is 2. The summed E-state index contributed by atoms with van der Waals surface area (Å²) >= 11 is 0. The highest BCUT2D eigenvalue weighted by Crippen LogP contribution is 2.20. The van der Waals surface area contributed by atoms with Crippen molar-refractivity contribution in [2.75, 3.05) is 0 Å². The summed E-state index contributed by atoms with van der Waals surface area (Å²) in [5.41, 5.74) is 5.69. The van der Waals surface area contributed by atoms with E-state index in [0.717, 1.165) is 19.3 Å². The minimum absolute atomic E-state index is 0.0894. The minimum Gasteiger partial charge on any atom is -0.391 e. The molecule has 0 fully saturated rings. The fraction of sp³-hybridized carbons (Fsp3) is 1.00. The van der Waals surface area contributed by atoms with Gasteiger partial charge in [0, 0.05) is 6.04 Å². The molecule has 0 aromatic carbocycles. The van der Waals surface area contributed by atoms with E-state index < -0.39 is 0 Å². The lowest BCUT2D eigenvalue weighted by molar-refractivity contribution is 0.0762. The van der Waals surface area contributed by atoms with Crippen LogP contribution in [0.3, 0.4) is 0 Å². The summed E-state index contributed by atoms with van der Waals surface area (Å²) in [6.45, 7) is 6.23. The number of unbranched alkanes of at least 4 members (excludes halogenated alkanes) is 1. The van der Waals surface area contributed by atoms with E-state index in [-0.39, 0.29) is 12.1 Å². The third-order valence-corrected chi connectivity index (χ3v) is 2.61. The smallest absolute Gasteiger partial charge is 0.0716 e. The molecule has 0 radical (unpaired) electrons. The van der Waals surface area contributed by atoms with E-state index >= 15 is 0 Å². The van der Waals surface area contributed by atoms with E-state index in [1.54, 1.807) is 0 Å². The van der Waals surface area contributed by atoms with Gasteiger partial charge in [-0.25, -0.2) is 0 Å². The van der Waals surface area contributed by atoms with Gasteiger partial charge in [0.25, 0.3) is 0 Å². The molecule has 80 valence electrons. The van der Waals surface area contributed by atoms with Crippen LogP contribution in [0.25, 0.3) is 0 Å². The zero-order valence-corrected chi connectivity index (χ0v) is 9.29. The van der Waals surface area contributed by atoms with Crippen molar-refractivity contribution in [2.45, 2.75) is 65.0 Å². The molecule has 3 unspecified atom stereocenters. The second kappa shape index (κ2) is 7.34. The largest absolute Gasteiger partial charge is 0.391 e. The molecule has 13 heavy (non-hydrogen) atoms. The molecule has 0 heterocycles. The molecule has 3 N–H and O–H groups in total. The quantitative estimate of drug-likeness (QED) is 0.642. The van der Waals surface area contributed by atoms with Crippen LogP contribution in [0.4, 0.5) is 0 Å². The van der Waals surface area contributed by atoms with Crippen LogP contribution < -0.4 is 5.73 Å². The van der Waals surface area contributed by atoms with Crippen LogP contribution in [-0.4, -0.2) is 17.3 Å². The number of nitrogens with two attached hydrogens (primary N) is 1. The van der Waals surface area contributed by atoms with Crippen molar-refractivity contribution in [1.82, 2.24) is 0 Å². The van der Waals surface area contributed by atoms with E-state index in [9.17, 15) is 5.11 Å². The van der Waals surface area contributed by atoms with E-state index in [1.807, 2.05) is 6.92 Å². The van der Waals surface area contributed by atoms with Gasteiger partial charge in [0.05, 0.1) is 6.10 Å². The Bertz CT molecular complexity index is 115. The second-order valence-electron chi connectivity index (χ2n) is 4.04. The summed E-state index contributed by atoms with van der Waals surface area (Å²) in [6.07, 6.45) is 5.44. The molecule has 2 nitrogen and oxygen atoms in total. The molecule has 0 saturated carbocycles. The average Bonchev–Trinajstić information content (AvgIpc) is 2.11. The first-order valence-corrected chi connectivity index (χ1v) is 5.57. The topological polar surface area (TPSA) is 46.2 Å². The van der Waals surface area contributed by atoms with Gasteiger partial charge in [0.1, 0.15) is 0 Å². The van der Waals surface area contributed by atoms with Gasteiger partial charge in [0.15, 0.2) is 0 Å². The Morgan fingerprint density at radius 3 is 2.15 bits per heavy atom. The normalized spacial score (nSPS) is 18.2. The van der Waals surface area contributed by atoms with Crippen LogP contribution in [-0.2, 0) is 0 Å². The Balaban J connectivity index is 3.90. The summed E-state index contributed by atoms with van der Waals surface area (Å²) in [7, 11) is 0. The Kier molecular flexibility index (Phi) is 7.29. The van der Waals surface area contributed by atoms with Gasteiger partial charge in [-0.15, -0.1) is 0 Å². The summed E-state index contributed by atoms with van der Waals surface area (Å²) in [5.74, 6) is 0.407. The third kappa shape index (κ3) is 5.27. The second-order valence-corrected chi connectivity index (χ2v) is 4.04. The maximum absolute atomic E-state index is 9.82. The molecule has 0 amide bonds. The third-order valence-electron chi connectivity index (χ3n) is 2.61. The van der Waals surface area contributed by atoms with Crippen LogP contribution in [0.2, 0.25) is 0 Å². The van der Waals surface area contributed by atoms with Gasteiger partial charge in [-0.3, -0.25) is 0 Å². The van der Waals surface area contributed by atoms with Crippen molar-refractivity contribution in [2.24, 2.45) is 11.7 Å². The number of aliphatic hydroxyl groups is 1. The lowest BCUT2D eigenvalue weighted by Gasteiger charge is -2.25. The maximum Gasteiger partial charge on any atom is 0.0716 e. The summed E-state index contributed by atoms with van der Waals surface area (Å²) in [6, 6.07) is -0.0894. The monoisotopic (exact) mass is 187 g/mol. The van der Waals surface area contributed by atoms with Crippen molar-refractivity contribution in [1.29, 1.82) is 0 Å².